The van der Waals surface area contributed by atoms with Gasteiger partial charge >= 0.3 is 0 Å². The molecule has 0 saturated heterocycles. The molecule has 1 heterocycles. The molecule has 0 saturated carbocycles. The van der Waals surface area contributed by atoms with E-state index in [0.29, 0.717) is 18.9 Å². The highest BCUT2D eigenvalue weighted by Crippen LogP contribution is 2.17. The third kappa shape index (κ3) is 4.54. The van der Waals surface area contributed by atoms with Gasteiger partial charge in [0.15, 0.2) is 0 Å². The van der Waals surface area contributed by atoms with Gasteiger partial charge in [-0.15, -0.1) is 0 Å². The molecule has 0 amide bonds. The summed E-state index contributed by atoms with van der Waals surface area (Å²) in [6, 6.07) is 7.33. The van der Waals surface area contributed by atoms with E-state index in [9.17, 15) is 5.11 Å². The lowest BCUT2D eigenvalue weighted by molar-refractivity contribution is 0.0893. The summed E-state index contributed by atoms with van der Waals surface area (Å²) < 4.78 is 13.4. The molecule has 0 aliphatic carbocycles. The van der Waals surface area contributed by atoms with Gasteiger partial charge < -0.3 is 14.6 Å². The Morgan fingerprint density at radius 2 is 1.90 bits per heavy atom. The summed E-state index contributed by atoms with van der Waals surface area (Å²) in [5.74, 6) is 1.51. The van der Waals surface area contributed by atoms with Crippen LogP contribution in [0, 0.1) is 0 Å². The Kier molecular flexibility index (Phi) is 5.43. The number of hydrogen-bond donors (Lipinski definition) is 1. The van der Waals surface area contributed by atoms with Gasteiger partial charge in [0.1, 0.15) is 24.2 Å². The predicted octanol–water partition coefficient (Wildman–Crippen LogP) is 2.48. The monoisotopic (exact) mass is 340 g/mol. The molecule has 6 heteroatoms. The van der Waals surface area contributed by atoms with E-state index in [1.54, 1.807) is 17.1 Å². The second-order valence-corrected chi connectivity index (χ2v) is 5.17. The Labute approximate surface area is 126 Å². The van der Waals surface area contributed by atoms with Gasteiger partial charge in [-0.2, -0.15) is 5.10 Å². The highest BCUT2D eigenvalue weighted by atomic mass is 79.9. The molecule has 2 rings (SSSR count). The van der Waals surface area contributed by atoms with Crippen LogP contribution < -0.4 is 9.47 Å². The summed E-state index contributed by atoms with van der Waals surface area (Å²) in [6.45, 7) is 3.18. The first-order valence-electron chi connectivity index (χ1n) is 6.39. The van der Waals surface area contributed by atoms with Crippen LogP contribution in [0.4, 0.5) is 0 Å². The van der Waals surface area contributed by atoms with Crippen LogP contribution in [0.2, 0.25) is 0 Å². The van der Waals surface area contributed by atoms with E-state index in [4.69, 9.17) is 9.47 Å². The summed E-state index contributed by atoms with van der Waals surface area (Å²) in [6.07, 6.45) is 2.87. The number of hydrogen-bond acceptors (Lipinski definition) is 4. The van der Waals surface area contributed by atoms with Gasteiger partial charge in [0.2, 0.25) is 0 Å². The van der Waals surface area contributed by atoms with Gasteiger partial charge in [-0.25, -0.2) is 0 Å². The number of benzene rings is 1. The van der Waals surface area contributed by atoms with Gasteiger partial charge in [0.25, 0.3) is 0 Å². The lowest BCUT2D eigenvalue weighted by atomic mass is 10.3. The molecular formula is C14H17BrN2O3. The number of aromatic nitrogens is 2. The van der Waals surface area contributed by atoms with Crippen molar-refractivity contribution in [1.82, 2.24) is 9.78 Å². The first-order chi connectivity index (χ1) is 9.67. The second kappa shape index (κ2) is 7.31. The average Bonchev–Trinajstić information content (AvgIpc) is 2.84. The van der Waals surface area contributed by atoms with Crippen LogP contribution in [0.15, 0.2) is 41.1 Å². The number of aliphatic hydroxyl groups excluding tert-OH is 1. The minimum atomic E-state index is -0.617. The molecule has 0 fully saturated rings. The molecule has 0 aliphatic heterocycles. The Morgan fingerprint density at radius 3 is 2.45 bits per heavy atom. The zero-order valence-electron chi connectivity index (χ0n) is 11.2. The number of ether oxygens (including phenoxy) is 2. The molecule has 0 bridgehead atoms. The maximum atomic E-state index is 9.89. The van der Waals surface area contributed by atoms with E-state index in [-0.39, 0.29) is 6.61 Å². The van der Waals surface area contributed by atoms with E-state index in [1.165, 1.54) is 0 Å². The topological polar surface area (TPSA) is 56.5 Å². The summed E-state index contributed by atoms with van der Waals surface area (Å²) in [7, 11) is 0. The Bertz CT molecular complexity index is 527. The molecule has 1 unspecified atom stereocenters. The van der Waals surface area contributed by atoms with Gasteiger partial charge in [-0.1, -0.05) is 0 Å². The molecule has 1 N–H and O–H groups in total. The maximum Gasteiger partial charge on any atom is 0.119 e. The van der Waals surface area contributed by atoms with Crippen molar-refractivity contribution in [2.45, 2.75) is 19.6 Å². The fourth-order valence-electron chi connectivity index (χ4n) is 1.70. The Morgan fingerprint density at radius 1 is 1.25 bits per heavy atom. The summed E-state index contributed by atoms with van der Waals surface area (Å²) in [4.78, 5) is 0. The van der Waals surface area contributed by atoms with E-state index in [0.717, 1.165) is 10.2 Å². The quantitative estimate of drug-likeness (QED) is 0.841. The van der Waals surface area contributed by atoms with Crippen molar-refractivity contribution in [3.63, 3.8) is 0 Å². The van der Waals surface area contributed by atoms with Crippen molar-refractivity contribution in [2.75, 3.05) is 13.2 Å². The molecule has 2 aromatic rings. The standard InChI is InChI=1S/C14H17BrN2O3/c1-2-19-13-3-5-14(6-4-13)20-10-12(18)9-17-8-11(15)7-16-17/h3-8,12,18H,2,9-10H2,1H3. The van der Waals surface area contributed by atoms with E-state index in [1.807, 2.05) is 31.2 Å². The van der Waals surface area contributed by atoms with Crippen LogP contribution in [-0.4, -0.2) is 34.2 Å². The fourth-order valence-corrected chi connectivity index (χ4v) is 2.03. The van der Waals surface area contributed by atoms with Crippen LogP contribution >= 0.6 is 15.9 Å². The highest BCUT2D eigenvalue weighted by Gasteiger charge is 2.07. The van der Waals surface area contributed by atoms with Gasteiger partial charge in [-0.3, -0.25) is 4.68 Å². The normalized spacial score (nSPS) is 12.2. The van der Waals surface area contributed by atoms with Crippen LogP contribution in [0.3, 0.4) is 0 Å². The molecule has 1 aromatic heterocycles. The zero-order valence-corrected chi connectivity index (χ0v) is 12.8. The summed E-state index contributed by atoms with van der Waals surface area (Å²) >= 11 is 3.31. The minimum Gasteiger partial charge on any atom is -0.494 e. The van der Waals surface area contributed by atoms with Crippen molar-refractivity contribution in [1.29, 1.82) is 0 Å². The molecule has 108 valence electrons. The Balaban J connectivity index is 1.79. The largest absolute Gasteiger partial charge is 0.494 e. The van der Waals surface area contributed by atoms with Crippen molar-refractivity contribution >= 4 is 15.9 Å². The van der Waals surface area contributed by atoms with Crippen LogP contribution in [0.1, 0.15) is 6.92 Å². The molecule has 0 aliphatic rings. The fraction of sp³-hybridized carbons (Fsp3) is 0.357. The molecule has 5 nitrogen and oxygen atoms in total. The van der Waals surface area contributed by atoms with Gasteiger partial charge in [0.05, 0.1) is 23.8 Å². The second-order valence-electron chi connectivity index (χ2n) is 4.25. The van der Waals surface area contributed by atoms with Gasteiger partial charge in [0, 0.05) is 6.20 Å². The van der Waals surface area contributed by atoms with Crippen molar-refractivity contribution in [3.8, 4) is 11.5 Å². The van der Waals surface area contributed by atoms with Crippen LogP contribution in [0.5, 0.6) is 11.5 Å². The van der Waals surface area contributed by atoms with Crippen LogP contribution in [-0.2, 0) is 6.54 Å². The average molecular weight is 341 g/mol. The number of aliphatic hydroxyl groups is 1. The van der Waals surface area contributed by atoms with E-state index < -0.39 is 6.10 Å². The zero-order chi connectivity index (χ0) is 14.4. The number of nitrogens with zero attached hydrogens (tertiary/aromatic N) is 2. The van der Waals surface area contributed by atoms with E-state index >= 15 is 0 Å². The first-order valence-corrected chi connectivity index (χ1v) is 7.18. The number of rotatable bonds is 7. The molecular weight excluding hydrogens is 324 g/mol. The SMILES string of the molecule is CCOc1ccc(OCC(O)Cn2cc(Br)cn2)cc1. The maximum absolute atomic E-state index is 9.89. The van der Waals surface area contributed by atoms with Crippen LogP contribution in [0.25, 0.3) is 0 Å². The summed E-state index contributed by atoms with van der Waals surface area (Å²) in [5, 5.41) is 14.0. The van der Waals surface area contributed by atoms with E-state index in [2.05, 4.69) is 21.0 Å². The van der Waals surface area contributed by atoms with Crippen molar-refractivity contribution < 1.29 is 14.6 Å². The van der Waals surface area contributed by atoms with Crippen molar-refractivity contribution in [2.24, 2.45) is 0 Å². The smallest absolute Gasteiger partial charge is 0.119 e. The highest BCUT2D eigenvalue weighted by molar-refractivity contribution is 9.10. The molecule has 1 aromatic carbocycles. The molecule has 1 atom stereocenters. The molecule has 0 radical (unpaired) electrons. The summed E-state index contributed by atoms with van der Waals surface area (Å²) in [5.41, 5.74) is 0. The molecule has 20 heavy (non-hydrogen) atoms. The molecule has 0 spiro atoms. The lowest BCUT2D eigenvalue weighted by Crippen LogP contribution is -2.23. The van der Waals surface area contributed by atoms with Gasteiger partial charge in [-0.05, 0) is 47.1 Å². The minimum absolute atomic E-state index is 0.214. The third-order valence-corrected chi connectivity index (χ3v) is 2.99. The predicted molar refractivity (Wildman–Crippen MR) is 79.0 cm³/mol. The number of halogens is 1. The first kappa shape index (κ1) is 14.9. The third-order valence-electron chi connectivity index (χ3n) is 2.58. The Hall–Kier alpha value is -1.53. The lowest BCUT2D eigenvalue weighted by Gasteiger charge is -2.12. The van der Waals surface area contributed by atoms with Crippen molar-refractivity contribution in [3.05, 3.63) is 41.1 Å².